The summed E-state index contributed by atoms with van der Waals surface area (Å²) < 4.78 is 5.44. The molecule has 0 aliphatic heterocycles. The van der Waals surface area contributed by atoms with Crippen LogP contribution >= 0.6 is 0 Å². The van der Waals surface area contributed by atoms with Gasteiger partial charge in [-0.3, -0.25) is 9.59 Å². The number of rotatable bonds is 42. The van der Waals surface area contributed by atoms with Crippen molar-refractivity contribution in [2.75, 3.05) is 13.2 Å². The van der Waals surface area contributed by atoms with E-state index in [9.17, 15) is 19.8 Å². The lowest BCUT2D eigenvalue weighted by Crippen LogP contribution is -2.45. The number of carbonyl (C=O) groups is 2. The average Bonchev–Trinajstić information content (AvgIpc) is 3.16. The number of hydrogen-bond donors (Lipinski definition) is 3. The minimum Gasteiger partial charge on any atom is -0.466 e. The fourth-order valence-corrected chi connectivity index (χ4v) is 6.86. The lowest BCUT2D eigenvalue weighted by molar-refractivity contribution is -0.143. The van der Waals surface area contributed by atoms with Crippen LogP contribution in [0.5, 0.6) is 0 Å². The molecule has 312 valence electrons. The molecule has 6 heteroatoms. The number of aliphatic hydroxyl groups excluding tert-OH is 2. The van der Waals surface area contributed by atoms with Crippen molar-refractivity contribution in [3.63, 3.8) is 0 Å². The minimum atomic E-state index is -0.851. The molecule has 0 aliphatic carbocycles. The molecule has 0 rings (SSSR count). The van der Waals surface area contributed by atoms with Crippen LogP contribution < -0.4 is 5.32 Å². The van der Waals surface area contributed by atoms with Gasteiger partial charge in [0.15, 0.2) is 0 Å². The summed E-state index contributed by atoms with van der Waals surface area (Å²) in [5, 5.41) is 22.8. The van der Waals surface area contributed by atoms with E-state index in [1.165, 1.54) is 148 Å². The Morgan fingerprint density at radius 3 is 1.34 bits per heavy atom. The van der Waals surface area contributed by atoms with Crippen LogP contribution in [0.4, 0.5) is 0 Å². The monoisotopic (exact) mass is 748 g/mol. The van der Waals surface area contributed by atoms with E-state index in [0.29, 0.717) is 19.4 Å². The molecule has 0 heterocycles. The first-order valence-corrected chi connectivity index (χ1v) is 23.1. The summed E-state index contributed by atoms with van der Waals surface area (Å²) in [5.74, 6) is -0.0939. The number of allylic oxidation sites excluding steroid dienone is 3. The number of carbonyl (C=O) groups excluding carboxylic acids is 2. The van der Waals surface area contributed by atoms with Crippen molar-refractivity contribution in [2.45, 2.75) is 251 Å². The topological polar surface area (TPSA) is 95.9 Å². The SMILES string of the molecule is CCCCCCCCC/C=C/C(O)C(CO)NC(=O)CCCCCCC/C=C\CCCCCCCCCOC(=O)CCCCCCCCCCCCC. The van der Waals surface area contributed by atoms with Gasteiger partial charge in [-0.25, -0.2) is 0 Å². The van der Waals surface area contributed by atoms with Crippen LogP contribution in [0.25, 0.3) is 0 Å². The zero-order chi connectivity index (χ0) is 38.7. The first kappa shape index (κ1) is 51.3. The lowest BCUT2D eigenvalue weighted by Gasteiger charge is -2.20. The van der Waals surface area contributed by atoms with E-state index in [-0.39, 0.29) is 18.5 Å². The van der Waals surface area contributed by atoms with Gasteiger partial charge in [-0.05, 0) is 57.8 Å². The quantitative estimate of drug-likeness (QED) is 0.0328. The number of ether oxygens (including phenoxy) is 1. The maximum Gasteiger partial charge on any atom is 0.305 e. The number of nitrogens with one attached hydrogen (secondary N) is 1. The number of unbranched alkanes of at least 4 members (excludes halogenated alkanes) is 29. The number of amides is 1. The third-order valence-electron chi connectivity index (χ3n) is 10.5. The van der Waals surface area contributed by atoms with Crippen LogP contribution in [0.2, 0.25) is 0 Å². The van der Waals surface area contributed by atoms with E-state index in [1.807, 2.05) is 6.08 Å². The van der Waals surface area contributed by atoms with Gasteiger partial charge in [-0.1, -0.05) is 192 Å². The van der Waals surface area contributed by atoms with Crippen LogP contribution in [0.3, 0.4) is 0 Å². The fraction of sp³-hybridized carbons (Fsp3) is 0.872. The fourth-order valence-electron chi connectivity index (χ4n) is 6.86. The van der Waals surface area contributed by atoms with E-state index < -0.39 is 12.1 Å². The van der Waals surface area contributed by atoms with Crippen molar-refractivity contribution in [1.82, 2.24) is 5.32 Å². The second-order valence-corrected chi connectivity index (χ2v) is 15.7. The molecule has 1 amide bonds. The largest absolute Gasteiger partial charge is 0.466 e. The van der Waals surface area contributed by atoms with Gasteiger partial charge in [0, 0.05) is 12.8 Å². The van der Waals surface area contributed by atoms with Gasteiger partial charge < -0.3 is 20.3 Å². The van der Waals surface area contributed by atoms with Crippen molar-refractivity contribution in [3.05, 3.63) is 24.3 Å². The lowest BCUT2D eigenvalue weighted by atomic mass is 10.1. The summed E-state index contributed by atoms with van der Waals surface area (Å²) in [6.45, 7) is 4.83. The van der Waals surface area contributed by atoms with Crippen LogP contribution in [0.15, 0.2) is 24.3 Å². The van der Waals surface area contributed by atoms with Gasteiger partial charge in [0.25, 0.3) is 0 Å². The molecule has 0 aromatic heterocycles. The molecule has 0 aromatic carbocycles. The Kier molecular flexibility index (Phi) is 41.7. The summed E-state index contributed by atoms with van der Waals surface area (Å²) in [6, 6.07) is -0.637. The summed E-state index contributed by atoms with van der Waals surface area (Å²) in [7, 11) is 0. The molecule has 0 fully saturated rings. The number of hydrogen-bond acceptors (Lipinski definition) is 5. The average molecular weight is 748 g/mol. The van der Waals surface area contributed by atoms with Gasteiger partial charge in [-0.2, -0.15) is 0 Å². The molecule has 0 saturated heterocycles. The molecule has 0 saturated carbocycles. The molecule has 6 nitrogen and oxygen atoms in total. The normalized spacial score (nSPS) is 12.9. The van der Waals surface area contributed by atoms with Crippen LogP contribution in [0.1, 0.15) is 239 Å². The van der Waals surface area contributed by atoms with Crippen molar-refractivity contribution < 1.29 is 24.5 Å². The van der Waals surface area contributed by atoms with E-state index in [0.717, 1.165) is 64.2 Å². The number of aliphatic hydroxyl groups is 2. The van der Waals surface area contributed by atoms with E-state index in [2.05, 4.69) is 31.3 Å². The van der Waals surface area contributed by atoms with Gasteiger partial charge in [0.1, 0.15) is 0 Å². The summed E-state index contributed by atoms with van der Waals surface area (Å²) in [6.07, 6.45) is 48.8. The van der Waals surface area contributed by atoms with Crippen molar-refractivity contribution in [3.8, 4) is 0 Å². The Balaban J connectivity index is 3.48. The van der Waals surface area contributed by atoms with E-state index >= 15 is 0 Å². The van der Waals surface area contributed by atoms with Crippen LogP contribution in [0, 0.1) is 0 Å². The van der Waals surface area contributed by atoms with Gasteiger partial charge in [0.2, 0.25) is 5.91 Å². The molecule has 0 aromatic rings. The van der Waals surface area contributed by atoms with E-state index in [4.69, 9.17) is 4.74 Å². The predicted octanol–water partition coefficient (Wildman–Crippen LogP) is 13.2. The molecule has 2 unspecified atom stereocenters. The Morgan fingerprint density at radius 2 is 0.887 bits per heavy atom. The second kappa shape index (κ2) is 43.1. The van der Waals surface area contributed by atoms with Crippen LogP contribution in [-0.4, -0.2) is 47.4 Å². The zero-order valence-electron chi connectivity index (χ0n) is 35.2. The smallest absolute Gasteiger partial charge is 0.305 e. The molecule has 2 atom stereocenters. The maximum absolute atomic E-state index is 12.3. The first-order chi connectivity index (χ1) is 26.0. The predicted molar refractivity (Wildman–Crippen MR) is 227 cm³/mol. The van der Waals surface area contributed by atoms with Crippen LogP contribution in [-0.2, 0) is 14.3 Å². The first-order valence-electron chi connectivity index (χ1n) is 23.1. The van der Waals surface area contributed by atoms with Crippen molar-refractivity contribution >= 4 is 11.9 Å². The molecular formula is C47H89NO5. The third kappa shape index (κ3) is 39.8. The van der Waals surface area contributed by atoms with E-state index in [1.54, 1.807) is 6.08 Å². The van der Waals surface area contributed by atoms with Crippen molar-refractivity contribution in [1.29, 1.82) is 0 Å². The standard InChI is InChI=1S/C47H89NO5/c1-3-5-7-9-11-13-20-25-29-33-37-41-47(52)53-42-38-34-30-26-22-19-17-15-14-16-18-21-24-28-32-36-40-46(51)48-44(43-49)45(50)39-35-31-27-23-12-10-8-6-4-2/h14,16,35,39,44-45,49-50H,3-13,15,17-34,36-38,40-43H2,1-2H3,(H,48,51)/b16-14-,39-35+. The Bertz CT molecular complexity index is 828. The van der Waals surface area contributed by atoms with Gasteiger partial charge in [0.05, 0.1) is 25.4 Å². The zero-order valence-corrected chi connectivity index (χ0v) is 35.2. The molecule has 0 spiro atoms. The third-order valence-corrected chi connectivity index (χ3v) is 10.5. The second-order valence-electron chi connectivity index (χ2n) is 15.7. The van der Waals surface area contributed by atoms with Gasteiger partial charge >= 0.3 is 5.97 Å². The van der Waals surface area contributed by atoms with Crippen molar-refractivity contribution in [2.24, 2.45) is 0 Å². The number of esters is 1. The Hall–Kier alpha value is -1.66. The highest BCUT2D eigenvalue weighted by Crippen LogP contribution is 2.14. The molecule has 0 radical (unpaired) electrons. The molecule has 0 bridgehead atoms. The highest BCUT2D eigenvalue weighted by atomic mass is 16.5. The molecule has 53 heavy (non-hydrogen) atoms. The minimum absolute atomic E-state index is 0.00524. The summed E-state index contributed by atoms with van der Waals surface area (Å²) in [5.41, 5.74) is 0. The highest BCUT2D eigenvalue weighted by Gasteiger charge is 2.18. The maximum atomic E-state index is 12.3. The molecule has 0 aliphatic rings. The summed E-state index contributed by atoms with van der Waals surface area (Å²) >= 11 is 0. The Morgan fingerprint density at radius 1 is 0.509 bits per heavy atom. The Labute approximate surface area is 329 Å². The highest BCUT2D eigenvalue weighted by molar-refractivity contribution is 5.76. The van der Waals surface area contributed by atoms with Gasteiger partial charge in [-0.15, -0.1) is 0 Å². The molecule has 3 N–H and O–H groups in total. The molecular weight excluding hydrogens is 659 g/mol. The summed E-state index contributed by atoms with van der Waals surface area (Å²) in [4.78, 5) is 24.3.